The average molecular weight is 168 g/mol. The van der Waals surface area contributed by atoms with E-state index in [4.69, 9.17) is 0 Å². The van der Waals surface area contributed by atoms with Gasteiger partial charge in [-0.3, -0.25) is 0 Å². The summed E-state index contributed by atoms with van der Waals surface area (Å²) in [6.45, 7) is 1.94. The number of urea groups is 1. The molecule has 2 rings (SSSR count). The van der Waals surface area contributed by atoms with Crippen LogP contribution in [-0.2, 0) is 0 Å². The molecule has 1 aliphatic carbocycles. The lowest BCUT2D eigenvalue weighted by molar-refractivity contribution is 0.171. The highest BCUT2D eigenvalue weighted by molar-refractivity contribution is 5.75. The average Bonchev–Trinajstić information content (AvgIpc) is 2.79. The Bertz CT molecular complexity index is 179. The molecule has 0 unspecified atom stereocenters. The Labute approximate surface area is 73.3 Å². The van der Waals surface area contributed by atoms with Gasteiger partial charge >= 0.3 is 6.03 Å². The number of carbonyl (C=O) groups is 1. The van der Waals surface area contributed by atoms with E-state index in [1.54, 1.807) is 0 Å². The predicted octanol–water partition coefficient (Wildman–Crippen LogP) is 1.30. The van der Waals surface area contributed by atoms with E-state index in [1.165, 1.54) is 25.7 Å². The number of amides is 2. The van der Waals surface area contributed by atoms with Crippen molar-refractivity contribution in [1.29, 1.82) is 0 Å². The van der Waals surface area contributed by atoms with Crippen LogP contribution in [0.1, 0.15) is 25.7 Å². The molecule has 12 heavy (non-hydrogen) atoms. The van der Waals surface area contributed by atoms with E-state index in [0.717, 1.165) is 13.1 Å². The summed E-state index contributed by atoms with van der Waals surface area (Å²) in [5.41, 5.74) is 0. The zero-order valence-electron chi connectivity index (χ0n) is 7.62. The summed E-state index contributed by atoms with van der Waals surface area (Å²) in [6, 6.07) is 0.799. The lowest BCUT2D eigenvalue weighted by atomic mass is 10.4. The van der Waals surface area contributed by atoms with Crippen LogP contribution in [0.15, 0.2) is 0 Å². The minimum atomic E-state index is 0.245. The maximum absolute atomic E-state index is 11.7. The van der Waals surface area contributed by atoms with Crippen LogP contribution < -0.4 is 0 Å². The number of nitrogens with zero attached hydrogens (tertiary/aromatic N) is 2. The molecular formula is C9H16N2O. The summed E-state index contributed by atoms with van der Waals surface area (Å²) < 4.78 is 0. The van der Waals surface area contributed by atoms with Gasteiger partial charge < -0.3 is 9.80 Å². The summed E-state index contributed by atoms with van der Waals surface area (Å²) in [4.78, 5) is 15.6. The van der Waals surface area contributed by atoms with E-state index < -0.39 is 0 Å². The molecule has 1 saturated carbocycles. The first-order valence-corrected chi connectivity index (χ1v) is 4.81. The van der Waals surface area contributed by atoms with Gasteiger partial charge in [-0.25, -0.2) is 4.79 Å². The van der Waals surface area contributed by atoms with Crippen LogP contribution in [0.4, 0.5) is 4.79 Å². The fourth-order valence-electron chi connectivity index (χ4n) is 1.75. The number of rotatable bonds is 1. The molecule has 2 aliphatic rings. The standard InChI is InChI=1S/C9H16N2O/c1-10(8-4-5-8)9(12)11-6-2-3-7-11/h8H,2-7H2,1H3. The van der Waals surface area contributed by atoms with Crippen molar-refractivity contribution in [2.45, 2.75) is 31.7 Å². The van der Waals surface area contributed by atoms with Gasteiger partial charge in [0.25, 0.3) is 0 Å². The molecule has 1 aliphatic heterocycles. The summed E-state index contributed by atoms with van der Waals surface area (Å²) in [5, 5.41) is 0. The van der Waals surface area contributed by atoms with Gasteiger partial charge in [0.1, 0.15) is 0 Å². The van der Waals surface area contributed by atoms with Crippen LogP contribution in [0, 0.1) is 0 Å². The molecule has 0 spiro atoms. The Kier molecular flexibility index (Phi) is 1.95. The Morgan fingerprint density at radius 2 is 1.92 bits per heavy atom. The first-order chi connectivity index (χ1) is 5.79. The number of likely N-dealkylation sites (tertiary alicyclic amines) is 1. The second kappa shape index (κ2) is 2.96. The molecule has 0 atom stereocenters. The first kappa shape index (κ1) is 7.90. The third kappa shape index (κ3) is 1.40. The topological polar surface area (TPSA) is 23.6 Å². The third-order valence-electron chi connectivity index (χ3n) is 2.77. The van der Waals surface area contributed by atoms with E-state index in [0.29, 0.717) is 6.04 Å². The zero-order valence-corrected chi connectivity index (χ0v) is 7.62. The van der Waals surface area contributed by atoms with Gasteiger partial charge in [0.2, 0.25) is 0 Å². The second-order valence-electron chi connectivity index (χ2n) is 3.82. The van der Waals surface area contributed by atoms with Crippen molar-refractivity contribution in [1.82, 2.24) is 9.80 Å². The van der Waals surface area contributed by atoms with Crippen molar-refractivity contribution < 1.29 is 4.79 Å². The Morgan fingerprint density at radius 1 is 1.33 bits per heavy atom. The molecular weight excluding hydrogens is 152 g/mol. The molecule has 0 bridgehead atoms. The van der Waals surface area contributed by atoms with Crippen LogP contribution in [0.3, 0.4) is 0 Å². The molecule has 0 radical (unpaired) electrons. The molecule has 0 aromatic heterocycles. The minimum absolute atomic E-state index is 0.245. The Balaban J connectivity index is 1.88. The third-order valence-corrected chi connectivity index (χ3v) is 2.77. The largest absolute Gasteiger partial charge is 0.325 e. The minimum Gasteiger partial charge on any atom is -0.325 e. The van der Waals surface area contributed by atoms with Crippen LogP contribution in [0.2, 0.25) is 0 Å². The van der Waals surface area contributed by atoms with Crippen LogP contribution in [0.25, 0.3) is 0 Å². The molecule has 0 aromatic rings. The molecule has 2 amide bonds. The van der Waals surface area contributed by atoms with E-state index >= 15 is 0 Å². The molecule has 3 heteroatoms. The van der Waals surface area contributed by atoms with Crippen molar-refractivity contribution in [3.05, 3.63) is 0 Å². The highest BCUT2D eigenvalue weighted by Crippen LogP contribution is 2.26. The molecule has 1 saturated heterocycles. The first-order valence-electron chi connectivity index (χ1n) is 4.81. The monoisotopic (exact) mass is 168 g/mol. The zero-order chi connectivity index (χ0) is 8.55. The molecule has 2 fully saturated rings. The molecule has 68 valence electrons. The van der Waals surface area contributed by atoms with E-state index in [2.05, 4.69) is 0 Å². The smallest absolute Gasteiger partial charge is 0.319 e. The van der Waals surface area contributed by atoms with Gasteiger partial charge in [0, 0.05) is 26.2 Å². The molecule has 0 aromatic carbocycles. The molecule has 3 nitrogen and oxygen atoms in total. The van der Waals surface area contributed by atoms with Crippen molar-refractivity contribution in [3.8, 4) is 0 Å². The van der Waals surface area contributed by atoms with Gasteiger partial charge in [-0.15, -0.1) is 0 Å². The SMILES string of the molecule is CN(C(=O)N1CCCC1)C1CC1. The van der Waals surface area contributed by atoms with E-state index in [9.17, 15) is 4.79 Å². The lowest BCUT2D eigenvalue weighted by Gasteiger charge is -2.23. The molecule has 1 heterocycles. The van der Waals surface area contributed by atoms with Gasteiger partial charge in [0.15, 0.2) is 0 Å². The van der Waals surface area contributed by atoms with Gasteiger partial charge in [-0.1, -0.05) is 0 Å². The quantitative estimate of drug-likeness (QED) is 0.579. The predicted molar refractivity (Wildman–Crippen MR) is 47.0 cm³/mol. The normalized spacial score (nSPS) is 22.9. The van der Waals surface area contributed by atoms with Crippen molar-refractivity contribution in [2.75, 3.05) is 20.1 Å². The Morgan fingerprint density at radius 3 is 2.42 bits per heavy atom. The van der Waals surface area contributed by atoms with E-state index in [-0.39, 0.29) is 6.03 Å². The highest BCUT2D eigenvalue weighted by Gasteiger charge is 2.32. The van der Waals surface area contributed by atoms with Gasteiger partial charge in [0.05, 0.1) is 0 Å². The number of hydrogen-bond acceptors (Lipinski definition) is 1. The van der Waals surface area contributed by atoms with Crippen molar-refractivity contribution in [3.63, 3.8) is 0 Å². The van der Waals surface area contributed by atoms with Crippen molar-refractivity contribution >= 4 is 6.03 Å². The van der Waals surface area contributed by atoms with Crippen LogP contribution in [0.5, 0.6) is 0 Å². The summed E-state index contributed by atoms with van der Waals surface area (Å²) in [5.74, 6) is 0. The summed E-state index contributed by atoms with van der Waals surface area (Å²) >= 11 is 0. The van der Waals surface area contributed by atoms with Crippen LogP contribution >= 0.6 is 0 Å². The maximum atomic E-state index is 11.7. The number of hydrogen-bond donors (Lipinski definition) is 0. The van der Waals surface area contributed by atoms with Gasteiger partial charge in [-0.2, -0.15) is 0 Å². The summed E-state index contributed by atoms with van der Waals surface area (Å²) in [7, 11) is 1.93. The molecule has 0 N–H and O–H groups in total. The maximum Gasteiger partial charge on any atom is 0.319 e. The van der Waals surface area contributed by atoms with Crippen molar-refractivity contribution in [2.24, 2.45) is 0 Å². The van der Waals surface area contributed by atoms with Gasteiger partial charge in [-0.05, 0) is 25.7 Å². The highest BCUT2D eigenvalue weighted by atomic mass is 16.2. The Hall–Kier alpha value is -0.730. The second-order valence-corrected chi connectivity index (χ2v) is 3.82. The fraction of sp³-hybridized carbons (Fsp3) is 0.889. The lowest BCUT2D eigenvalue weighted by Crippen LogP contribution is -2.40. The van der Waals surface area contributed by atoms with Crippen LogP contribution in [-0.4, -0.2) is 42.0 Å². The summed E-state index contributed by atoms with van der Waals surface area (Å²) in [6.07, 6.45) is 4.78. The number of carbonyl (C=O) groups excluding carboxylic acids is 1. The van der Waals surface area contributed by atoms with E-state index in [1.807, 2.05) is 16.8 Å². The fourth-order valence-corrected chi connectivity index (χ4v) is 1.75.